The molecule has 0 spiro atoms. The van der Waals surface area contributed by atoms with Crippen LogP contribution in [0.5, 0.6) is 17.2 Å². The lowest BCUT2D eigenvalue weighted by atomic mass is 9.94. The highest BCUT2D eigenvalue weighted by Crippen LogP contribution is 2.43. The van der Waals surface area contributed by atoms with Gasteiger partial charge in [-0.3, -0.25) is 9.59 Å². The zero-order chi connectivity index (χ0) is 28.5. The van der Waals surface area contributed by atoms with Gasteiger partial charge in [-0.2, -0.15) is 0 Å². The number of unbranched alkanes of at least 4 members (excludes halogenated alkanes) is 2. The lowest BCUT2D eigenvalue weighted by Gasteiger charge is -2.26. The van der Waals surface area contributed by atoms with Gasteiger partial charge in [0.05, 0.1) is 31.9 Å². The molecule has 40 heavy (non-hydrogen) atoms. The molecule has 0 radical (unpaired) electrons. The number of carbonyl (C=O) groups is 2. The van der Waals surface area contributed by atoms with Crippen molar-refractivity contribution in [2.45, 2.75) is 52.1 Å². The summed E-state index contributed by atoms with van der Waals surface area (Å²) < 4.78 is 17.3. The SMILES string of the molecule is CCCCOc1cccc(/C(O)=C2\C(=O)C(=O)N(Cc3ccccc3)C2c2ccc(OCCCC)c(OC)c2)c1. The summed E-state index contributed by atoms with van der Waals surface area (Å²) in [7, 11) is 1.55. The fraction of sp³-hybridized carbons (Fsp3) is 0.333. The van der Waals surface area contributed by atoms with E-state index in [2.05, 4.69) is 13.8 Å². The average Bonchev–Trinajstić information content (AvgIpc) is 3.22. The van der Waals surface area contributed by atoms with E-state index in [4.69, 9.17) is 14.2 Å². The zero-order valence-electron chi connectivity index (χ0n) is 23.4. The molecule has 0 bridgehead atoms. The van der Waals surface area contributed by atoms with Crippen LogP contribution in [0.15, 0.2) is 78.4 Å². The highest BCUT2D eigenvalue weighted by molar-refractivity contribution is 6.46. The third-order valence-corrected chi connectivity index (χ3v) is 6.87. The van der Waals surface area contributed by atoms with E-state index in [1.807, 2.05) is 36.4 Å². The molecule has 1 aliphatic heterocycles. The predicted octanol–water partition coefficient (Wildman–Crippen LogP) is 6.67. The van der Waals surface area contributed by atoms with Crippen LogP contribution in [0.25, 0.3) is 5.76 Å². The Morgan fingerprint density at radius 3 is 2.27 bits per heavy atom. The van der Waals surface area contributed by atoms with Crippen molar-refractivity contribution in [1.29, 1.82) is 0 Å². The van der Waals surface area contributed by atoms with E-state index in [9.17, 15) is 14.7 Å². The molecule has 210 valence electrons. The minimum Gasteiger partial charge on any atom is -0.507 e. The molecular weight excluding hydrogens is 506 g/mol. The van der Waals surface area contributed by atoms with Crippen molar-refractivity contribution in [3.8, 4) is 17.2 Å². The number of likely N-dealkylation sites (tertiary alicyclic amines) is 1. The van der Waals surface area contributed by atoms with Crippen LogP contribution in [-0.2, 0) is 16.1 Å². The third kappa shape index (κ3) is 6.47. The number of hydrogen-bond donors (Lipinski definition) is 1. The summed E-state index contributed by atoms with van der Waals surface area (Å²) in [6, 6.07) is 21.0. The molecule has 3 aromatic carbocycles. The largest absolute Gasteiger partial charge is 0.507 e. The van der Waals surface area contributed by atoms with Gasteiger partial charge < -0.3 is 24.2 Å². The first kappa shape index (κ1) is 28.7. The molecule has 1 fully saturated rings. The normalized spacial score (nSPS) is 16.3. The van der Waals surface area contributed by atoms with Gasteiger partial charge in [-0.15, -0.1) is 0 Å². The van der Waals surface area contributed by atoms with Crippen molar-refractivity contribution in [2.75, 3.05) is 20.3 Å². The summed E-state index contributed by atoms with van der Waals surface area (Å²) in [5, 5.41) is 11.5. The van der Waals surface area contributed by atoms with Gasteiger partial charge in [-0.05, 0) is 48.2 Å². The maximum Gasteiger partial charge on any atom is 0.295 e. The topological polar surface area (TPSA) is 85.3 Å². The van der Waals surface area contributed by atoms with Gasteiger partial charge >= 0.3 is 0 Å². The van der Waals surface area contributed by atoms with Crippen molar-refractivity contribution in [1.82, 2.24) is 4.90 Å². The van der Waals surface area contributed by atoms with Crippen LogP contribution >= 0.6 is 0 Å². The Labute approximate surface area is 236 Å². The van der Waals surface area contributed by atoms with Crippen LogP contribution in [0.3, 0.4) is 0 Å². The van der Waals surface area contributed by atoms with E-state index < -0.39 is 17.7 Å². The summed E-state index contributed by atoms with van der Waals surface area (Å²) in [4.78, 5) is 28.4. The first-order valence-electron chi connectivity index (χ1n) is 13.8. The summed E-state index contributed by atoms with van der Waals surface area (Å²) in [6.45, 7) is 5.47. The van der Waals surface area contributed by atoms with Crippen molar-refractivity contribution in [2.24, 2.45) is 0 Å². The van der Waals surface area contributed by atoms with Gasteiger partial charge in [0.2, 0.25) is 0 Å². The van der Waals surface area contributed by atoms with E-state index in [1.165, 1.54) is 4.90 Å². The minimum absolute atomic E-state index is 0.0216. The number of amides is 1. The molecule has 1 amide bonds. The Balaban J connectivity index is 1.79. The lowest BCUT2D eigenvalue weighted by Crippen LogP contribution is -2.29. The number of hydrogen-bond acceptors (Lipinski definition) is 6. The molecule has 0 aliphatic carbocycles. The zero-order valence-corrected chi connectivity index (χ0v) is 23.4. The average molecular weight is 544 g/mol. The van der Waals surface area contributed by atoms with Crippen LogP contribution in [0.1, 0.15) is 62.3 Å². The van der Waals surface area contributed by atoms with E-state index in [0.29, 0.717) is 41.6 Å². The fourth-order valence-corrected chi connectivity index (χ4v) is 4.69. The van der Waals surface area contributed by atoms with E-state index >= 15 is 0 Å². The Bertz CT molecular complexity index is 1350. The molecule has 7 heteroatoms. The second-order valence-corrected chi connectivity index (χ2v) is 9.75. The van der Waals surface area contributed by atoms with Gasteiger partial charge in [-0.1, -0.05) is 75.2 Å². The number of ether oxygens (including phenoxy) is 3. The first-order valence-corrected chi connectivity index (χ1v) is 13.8. The van der Waals surface area contributed by atoms with E-state index in [-0.39, 0.29) is 17.9 Å². The number of carbonyl (C=O) groups excluding carboxylic acids is 2. The number of benzene rings is 3. The molecule has 1 atom stereocenters. The summed E-state index contributed by atoms with van der Waals surface area (Å²) in [6.07, 6.45) is 3.81. The monoisotopic (exact) mass is 543 g/mol. The minimum atomic E-state index is -0.830. The molecule has 4 rings (SSSR count). The second-order valence-electron chi connectivity index (χ2n) is 9.75. The third-order valence-electron chi connectivity index (χ3n) is 6.87. The molecular formula is C33H37NO6. The Morgan fingerprint density at radius 2 is 1.57 bits per heavy atom. The van der Waals surface area contributed by atoms with Crippen molar-refractivity contribution in [3.63, 3.8) is 0 Å². The van der Waals surface area contributed by atoms with Crippen LogP contribution in [0, 0.1) is 0 Å². The maximum atomic E-state index is 13.5. The van der Waals surface area contributed by atoms with Crippen LogP contribution in [0.4, 0.5) is 0 Å². The molecule has 0 aromatic heterocycles. The quantitative estimate of drug-likeness (QED) is 0.112. The molecule has 7 nitrogen and oxygen atoms in total. The van der Waals surface area contributed by atoms with Gasteiger partial charge in [0, 0.05) is 12.1 Å². The molecule has 1 aliphatic rings. The molecule has 1 N–H and O–H groups in total. The fourth-order valence-electron chi connectivity index (χ4n) is 4.69. The molecule has 1 heterocycles. The lowest BCUT2D eigenvalue weighted by molar-refractivity contribution is -0.140. The predicted molar refractivity (Wildman–Crippen MR) is 155 cm³/mol. The number of Topliss-reactive ketones (excluding diaryl/α,β-unsaturated/α-hetero) is 1. The van der Waals surface area contributed by atoms with Gasteiger partial charge in [0.25, 0.3) is 11.7 Å². The van der Waals surface area contributed by atoms with Gasteiger partial charge in [0.15, 0.2) is 11.5 Å². The van der Waals surface area contributed by atoms with Crippen molar-refractivity contribution < 1.29 is 28.9 Å². The Hall–Kier alpha value is -4.26. The molecule has 1 unspecified atom stereocenters. The summed E-state index contributed by atoms with van der Waals surface area (Å²) in [5.74, 6) is -0.00209. The number of rotatable bonds is 13. The number of aliphatic hydroxyl groups is 1. The van der Waals surface area contributed by atoms with Crippen LogP contribution in [-0.4, -0.2) is 42.0 Å². The highest BCUT2D eigenvalue weighted by Gasteiger charge is 2.46. The van der Waals surface area contributed by atoms with Crippen molar-refractivity contribution >= 4 is 17.4 Å². The number of methoxy groups -OCH3 is 1. The van der Waals surface area contributed by atoms with Crippen LogP contribution < -0.4 is 14.2 Å². The van der Waals surface area contributed by atoms with Crippen LogP contribution in [0.2, 0.25) is 0 Å². The number of aliphatic hydroxyl groups excluding tert-OH is 1. The summed E-state index contributed by atoms with van der Waals surface area (Å²) in [5.41, 5.74) is 1.93. The highest BCUT2D eigenvalue weighted by atomic mass is 16.5. The number of nitrogens with zero attached hydrogens (tertiary/aromatic N) is 1. The Morgan fingerprint density at radius 1 is 0.850 bits per heavy atom. The maximum absolute atomic E-state index is 13.5. The smallest absolute Gasteiger partial charge is 0.295 e. The molecule has 3 aromatic rings. The second kappa shape index (κ2) is 13.7. The van der Waals surface area contributed by atoms with Gasteiger partial charge in [0.1, 0.15) is 11.5 Å². The van der Waals surface area contributed by atoms with E-state index in [0.717, 1.165) is 31.2 Å². The standard InChI is InChI=1S/C33H37NO6/c1-4-6-18-39-26-15-11-14-25(20-26)31(35)29-30(24-16-17-27(28(21-24)38-3)40-19-7-5-2)34(33(37)32(29)36)22-23-12-9-8-10-13-23/h8-17,20-21,30,35H,4-7,18-19,22H2,1-3H3/b31-29+. The van der Waals surface area contributed by atoms with Gasteiger partial charge in [-0.25, -0.2) is 0 Å². The summed E-state index contributed by atoms with van der Waals surface area (Å²) >= 11 is 0. The van der Waals surface area contributed by atoms with Crippen molar-refractivity contribution in [3.05, 3.63) is 95.1 Å². The Kier molecular flexibility index (Phi) is 9.84. The molecule has 0 saturated carbocycles. The number of ketones is 1. The molecule has 1 saturated heterocycles. The first-order chi connectivity index (χ1) is 19.5. The van der Waals surface area contributed by atoms with E-state index in [1.54, 1.807) is 43.5 Å².